The van der Waals surface area contributed by atoms with Gasteiger partial charge < -0.3 is 13.9 Å². The summed E-state index contributed by atoms with van der Waals surface area (Å²) in [4.78, 5) is 2.17. The number of hydrogen-bond donors (Lipinski definition) is 1. The van der Waals surface area contributed by atoms with Gasteiger partial charge in [-0.25, -0.2) is 0 Å². The summed E-state index contributed by atoms with van der Waals surface area (Å²) in [6.45, 7) is 6.44. The SMILES string of the molecule is Cc1cc(-c2nnc(CN3CC(CO)C3)o2)c(C)o1. The van der Waals surface area contributed by atoms with Crippen LogP contribution in [0.15, 0.2) is 14.9 Å². The molecule has 0 spiro atoms. The Morgan fingerprint density at radius 2 is 2.11 bits per heavy atom. The lowest BCUT2D eigenvalue weighted by Crippen LogP contribution is -2.47. The molecule has 0 aromatic carbocycles. The second-order valence-corrected chi connectivity index (χ2v) is 5.07. The molecule has 1 aliphatic rings. The first-order valence-electron chi connectivity index (χ1n) is 6.38. The average molecular weight is 263 g/mol. The van der Waals surface area contributed by atoms with Crippen LogP contribution in [0.2, 0.25) is 0 Å². The van der Waals surface area contributed by atoms with Crippen LogP contribution in [0.4, 0.5) is 0 Å². The quantitative estimate of drug-likeness (QED) is 0.898. The lowest BCUT2D eigenvalue weighted by molar-refractivity contribution is 0.0417. The van der Waals surface area contributed by atoms with Crippen molar-refractivity contribution in [3.05, 3.63) is 23.5 Å². The third kappa shape index (κ3) is 2.41. The average Bonchev–Trinajstić information content (AvgIpc) is 2.89. The summed E-state index contributed by atoms with van der Waals surface area (Å²) in [6, 6.07) is 1.90. The molecule has 1 fully saturated rings. The molecule has 0 saturated carbocycles. The molecule has 0 aliphatic carbocycles. The molecule has 1 saturated heterocycles. The molecular weight excluding hydrogens is 246 g/mol. The number of rotatable bonds is 4. The first-order valence-corrected chi connectivity index (χ1v) is 6.38. The van der Waals surface area contributed by atoms with E-state index < -0.39 is 0 Å². The van der Waals surface area contributed by atoms with E-state index in [1.165, 1.54) is 0 Å². The highest BCUT2D eigenvalue weighted by Crippen LogP contribution is 2.26. The van der Waals surface area contributed by atoms with Crippen LogP contribution >= 0.6 is 0 Å². The summed E-state index contributed by atoms with van der Waals surface area (Å²) < 4.78 is 11.1. The molecule has 0 unspecified atom stereocenters. The van der Waals surface area contributed by atoms with E-state index in [-0.39, 0.29) is 6.61 Å². The van der Waals surface area contributed by atoms with Crippen LogP contribution < -0.4 is 0 Å². The van der Waals surface area contributed by atoms with Crippen molar-refractivity contribution in [1.29, 1.82) is 0 Å². The number of aliphatic hydroxyl groups excluding tert-OH is 1. The summed E-state index contributed by atoms with van der Waals surface area (Å²) in [6.07, 6.45) is 0. The van der Waals surface area contributed by atoms with Crippen molar-refractivity contribution in [2.75, 3.05) is 19.7 Å². The van der Waals surface area contributed by atoms with Gasteiger partial charge in [-0.15, -0.1) is 10.2 Å². The van der Waals surface area contributed by atoms with Crippen molar-refractivity contribution in [2.45, 2.75) is 20.4 Å². The maximum absolute atomic E-state index is 8.97. The fourth-order valence-corrected chi connectivity index (χ4v) is 2.38. The minimum atomic E-state index is 0.249. The highest BCUT2D eigenvalue weighted by Gasteiger charge is 2.27. The van der Waals surface area contributed by atoms with Crippen molar-refractivity contribution in [2.24, 2.45) is 5.92 Å². The number of aryl methyl sites for hydroxylation is 2. The summed E-state index contributed by atoms with van der Waals surface area (Å²) >= 11 is 0. The Kier molecular flexibility index (Phi) is 3.12. The standard InChI is InChI=1S/C13H17N3O3/c1-8-3-11(9(2)18-8)13-15-14-12(19-13)6-16-4-10(5-16)7-17/h3,10,17H,4-7H2,1-2H3. The monoisotopic (exact) mass is 263 g/mol. The zero-order chi connectivity index (χ0) is 13.4. The molecule has 19 heavy (non-hydrogen) atoms. The summed E-state index contributed by atoms with van der Waals surface area (Å²) in [5, 5.41) is 17.1. The molecule has 1 N–H and O–H groups in total. The highest BCUT2D eigenvalue weighted by atomic mass is 16.4. The summed E-state index contributed by atoms with van der Waals surface area (Å²) in [7, 11) is 0. The van der Waals surface area contributed by atoms with E-state index in [4.69, 9.17) is 13.9 Å². The smallest absolute Gasteiger partial charge is 0.251 e. The van der Waals surface area contributed by atoms with Crippen LogP contribution in [0.25, 0.3) is 11.5 Å². The molecule has 2 aromatic heterocycles. The zero-order valence-electron chi connectivity index (χ0n) is 11.1. The normalized spacial score (nSPS) is 16.8. The maximum atomic E-state index is 8.97. The number of likely N-dealkylation sites (tertiary alicyclic amines) is 1. The van der Waals surface area contributed by atoms with Crippen LogP contribution in [0.1, 0.15) is 17.4 Å². The molecule has 6 heteroatoms. The van der Waals surface area contributed by atoms with Crippen molar-refractivity contribution in [3.63, 3.8) is 0 Å². The molecule has 0 bridgehead atoms. The van der Waals surface area contributed by atoms with Gasteiger partial charge in [-0.05, 0) is 19.9 Å². The van der Waals surface area contributed by atoms with E-state index >= 15 is 0 Å². The molecule has 0 radical (unpaired) electrons. The Labute approximate surface area is 111 Å². The number of nitrogens with zero attached hydrogens (tertiary/aromatic N) is 3. The predicted octanol–water partition coefficient (Wildman–Crippen LogP) is 1.37. The van der Waals surface area contributed by atoms with E-state index in [2.05, 4.69) is 15.1 Å². The topological polar surface area (TPSA) is 75.5 Å². The molecule has 3 rings (SSSR count). The summed E-state index contributed by atoms with van der Waals surface area (Å²) in [5.74, 6) is 3.12. The Bertz CT molecular complexity index is 569. The van der Waals surface area contributed by atoms with Gasteiger partial charge in [-0.2, -0.15) is 0 Å². The van der Waals surface area contributed by atoms with Gasteiger partial charge in [-0.3, -0.25) is 4.90 Å². The van der Waals surface area contributed by atoms with Crippen LogP contribution in [-0.4, -0.2) is 39.9 Å². The minimum absolute atomic E-state index is 0.249. The molecule has 2 aromatic rings. The van der Waals surface area contributed by atoms with Crippen LogP contribution in [-0.2, 0) is 6.54 Å². The minimum Gasteiger partial charge on any atom is -0.466 e. The number of aromatic nitrogens is 2. The van der Waals surface area contributed by atoms with Crippen molar-refractivity contribution < 1.29 is 13.9 Å². The third-order valence-corrected chi connectivity index (χ3v) is 3.39. The molecule has 102 valence electrons. The third-order valence-electron chi connectivity index (χ3n) is 3.39. The maximum Gasteiger partial charge on any atom is 0.251 e. The Morgan fingerprint density at radius 3 is 2.74 bits per heavy atom. The van der Waals surface area contributed by atoms with Crippen LogP contribution in [0.3, 0.4) is 0 Å². The number of furan rings is 1. The second-order valence-electron chi connectivity index (χ2n) is 5.07. The van der Waals surface area contributed by atoms with E-state index in [0.29, 0.717) is 24.2 Å². The van der Waals surface area contributed by atoms with Crippen molar-refractivity contribution in [3.8, 4) is 11.5 Å². The Morgan fingerprint density at radius 1 is 1.32 bits per heavy atom. The molecule has 6 nitrogen and oxygen atoms in total. The van der Waals surface area contributed by atoms with Gasteiger partial charge in [0.1, 0.15) is 11.5 Å². The molecule has 3 heterocycles. The lowest BCUT2D eigenvalue weighted by atomic mass is 10.0. The first-order chi connectivity index (χ1) is 9.15. The van der Waals surface area contributed by atoms with Gasteiger partial charge in [0.25, 0.3) is 5.89 Å². The Balaban J connectivity index is 1.68. The van der Waals surface area contributed by atoms with E-state index in [9.17, 15) is 0 Å². The van der Waals surface area contributed by atoms with Crippen LogP contribution in [0.5, 0.6) is 0 Å². The van der Waals surface area contributed by atoms with E-state index in [1.807, 2.05) is 19.9 Å². The van der Waals surface area contributed by atoms with Gasteiger partial charge in [-0.1, -0.05) is 0 Å². The van der Waals surface area contributed by atoms with Gasteiger partial charge in [0, 0.05) is 25.6 Å². The van der Waals surface area contributed by atoms with Gasteiger partial charge in [0.05, 0.1) is 12.1 Å². The Hall–Kier alpha value is -1.66. The fraction of sp³-hybridized carbons (Fsp3) is 0.538. The van der Waals surface area contributed by atoms with E-state index in [1.54, 1.807) is 0 Å². The van der Waals surface area contributed by atoms with Crippen molar-refractivity contribution >= 4 is 0 Å². The van der Waals surface area contributed by atoms with E-state index in [0.717, 1.165) is 30.2 Å². The van der Waals surface area contributed by atoms with Gasteiger partial charge >= 0.3 is 0 Å². The largest absolute Gasteiger partial charge is 0.466 e. The molecule has 0 atom stereocenters. The first kappa shape index (κ1) is 12.4. The highest BCUT2D eigenvalue weighted by molar-refractivity contribution is 5.55. The number of aliphatic hydroxyl groups is 1. The second kappa shape index (κ2) is 4.79. The summed E-state index contributed by atoms with van der Waals surface area (Å²) in [5.41, 5.74) is 0.855. The predicted molar refractivity (Wildman–Crippen MR) is 67.3 cm³/mol. The fourth-order valence-electron chi connectivity index (χ4n) is 2.38. The molecule has 1 aliphatic heterocycles. The van der Waals surface area contributed by atoms with Crippen LogP contribution in [0, 0.1) is 19.8 Å². The molecule has 0 amide bonds. The van der Waals surface area contributed by atoms with Crippen molar-refractivity contribution in [1.82, 2.24) is 15.1 Å². The lowest BCUT2D eigenvalue weighted by Gasteiger charge is -2.37. The zero-order valence-corrected chi connectivity index (χ0v) is 11.1. The van der Waals surface area contributed by atoms with Gasteiger partial charge in [0.15, 0.2) is 0 Å². The van der Waals surface area contributed by atoms with Gasteiger partial charge in [0.2, 0.25) is 5.89 Å². The molecular formula is C13H17N3O3. The number of hydrogen-bond acceptors (Lipinski definition) is 6.